The Labute approximate surface area is 152 Å². The van der Waals surface area contributed by atoms with Gasteiger partial charge >= 0.3 is 0 Å². The van der Waals surface area contributed by atoms with Crippen LogP contribution in [0.1, 0.15) is 40.5 Å². The van der Waals surface area contributed by atoms with Crippen molar-refractivity contribution in [2.24, 2.45) is 0 Å². The first-order valence-electron chi connectivity index (χ1n) is 8.70. The second kappa shape index (κ2) is 7.39. The minimum Gasteiger partial charge on any atom is -0.338 e. The Morgan fingerprint density at radius 1 is 1.08 bits per heavy atom. The molecule has 0 fully saturated rings. The van der Waals surface area contributed by atoms with Crippen LogP contribution in [-0.2, 0) is 0 Å². The lowest BCUT2D eigenvalue weighted by Crippen LogP contribution is -2.31. The van der Waals surface area contributed by atoms with Crippen LogP contribution in [0.3, 0.4) is 0 Å². The van der Waals surface area contributed by atoms with Crippen molar-refractivity contribution in [3.05, 3.63) is 65.7 Å². The highest BCUT2D eigenvalue weighted by Gasteiger charge is 2.24. The first-order chi connectivity index (χ1) is 12.6. The topological polar surface area (TPSA) is 66.7 Å². The van der Waals surface area contributed by atoms with Crippen molar-refractivity contribution in [2.45, 2.75) is 20.8 Å². The molecule has 0 radical (unpaired) electrons. The van der Waals surface area contributed by atoms with Crippen LogP contribution in [0.15, 0.2) is 48.7 Å². The van der Waals surface area contributed by atoms with Crippen molar-refractivity contribution < 1.29 is 9.59 Å². The molecule has 2 amide bonds. The number of carbonyl (C=O) groups is 2. The maximum absolute atomic E-state index is 12.8. The molecule has 3 rings (SSSR count). The summed E-state index contributed by atoms with van der Waals surface area (Å²) in [6.45, 7) is 6.95. The lowest BCUT2D eigenvalue weighted by Gasteiger charge is -2.17. The van der Waals surface area contributed by atoms with Gasteiger partial charge in [0, 0.05) is 25.0 Å². The molecular weight excluding hydrogens is 328 g/mol. The van der Waals surface area contributed by atoms with Gasteiger partial charge in [0.15, 0.2) is 5.69 Å². The Balaban J connectivity index is 2.03. The average Bonchev–Trinajstić information content (AvgIpc) is 3.04. The SMILES string of the molecule is CCN(CC)C(=O)c1nc(C(=O)Nc2ccccc2C)n2ccccc12. The number of hydrogen-bond donors (Lipinski definition) is 1. The molecule has 0 saturated heterocycles. The summed E-state index contributed by atoms with van der Waals surface area (Å²) in [5, 5.41) is 2.88. The summed E-state index contributed by atoms with van der Waals surface area (Å²) in [6, 6.07) is 13.0. The molecule has 1 aromatic carbocycles. The van der Waals surface area contributed by atoms with Gasteiger partial charge in [-0.15, -0.1) is 0 Å². The van der Waals surface area contributed by atoms with E-state index in [0.717, 1.165) is 11.3 Å². The third-order valence-corrected chi connectivity index (χ3v) is 4.40. The summed E-state index contributed by atoms with van der Waals surface area (Å²) in [5.41, 5.74) is 2.60. The molecule has 134 valence electrons. The number of nitrogens with zero attached hydrogens (tertiary/aromatic N) is 3. The molecule has 0 aliphatic carbocycles. The maximum atomic E-state index is 12.8. The fourth-order valence-corrected chi connectivity index (χ4v) is 2.91. The second-order valence-electron chi connectivity index (χ2n) is 5.99. The summed E-state index contributed by atoms with van der Waals surface area (Å²) in [5.74, 6) is -0.327. The number of carbonyl (C=O) groups excluding carboxylic acids is 2. The Morgan fingerprint density at radius 2 is 1.77 bits per heavy atom. The van der Waals surface area contributed by atoms with Crippen molar-refractivity contribution in [3.63, 3.8) is 0 Å². The Bertz CT molecular complexity index is 957. The third-order valence-electron chi connectivity index (χ3n) is 4.40. The van der Waals surface area contributed by atoms with Crippen LogP contribution in [0.5, 0.6) is 0 Å². The van der Waals surface area contributed by atoms with E-state index in [2.05, 4.69) is 10.3 Å². The van der Waals surface area contributed by atoms with Crippen LogP contribution in [0.25, 0.3) is 5.52 Å². The summed E-state index contributed by atoms with van der Waals surface area (Å²) in [7, 11) is 0. The Kier molecular flexibility index (Phi) is 5.02. The number of imidazole rings is 1. The van der Waals surface area contributed by atoms with E-state index in [9.17, 15) is 9.59 Å². The van der Waals surface area contributed by atoms with E-state index in [-0.39, 0.29) is 17.6 Å². The molecule has 6 nitrogen and oxygen atoms in total. The molecule has 0 saturated carbocycles. The van der Waals surface area contributed by atoms with E-state index in [1.54, 1.807) is 21.6 Å². The third kappa shape index (κ3) is 3.18. The van der Waals surface area contributed by atoms with Gasteiger partial charge < -0.3 is 10.2 Å². The summed E-state index contributed by atoms with van der Waals surface area (Å²) < 4.78 is 1.66. The van der Waals surface area contributed by atoms with E-state index >= 15 is 0 Å². The van der Waals surface area contributed by atoms with Crippen LogP contribution in [0.2, 0.25) is 0 Å². The highest BCUT2D eigenvalue weighted by Crippen LogP contribution is 2.18. The zero-order valence-electron chi connectivity index (χ0n) is 15.2. The van der Waals surface area contributed by atoms with Gasteiger partial charge in [-0.25, -0.2) is 4.98 Å². The molecule has 3 aromatic rings. The van der Waals surface area contributed by atoms with E-state index in [1.807, 2.05) is 57.2 Å². The van der Waals surface area contributed by atoms with Gasteiger partial charge in [-0.05, 0) is 44.5 Å². The largest absolute Gasteiger partial charge is 0.338 e. The van der Waals surface area contributed by atoms with Crippen LogP contribution in [0.4, 0.5) is 5.69 Å². The van der Waals surface area contributed by atoms with Crippen molar-refractivity contribution in [1.82, 2.24) is 14.3 Å². The van der Waals surface area contributed by atoms with Gasteiger partial charge in [0.05, 0.1) is 5.52 Å². The smallest absolute Gasteiger partial charge is 0.292 e. The van der Waals surface area contributed by atoms with Crippen molar-refractivity contribution in [3.8, 4) is 0 Å². The molecule has 0 aliphatic rings. The second-order valence-corrected chi connectivity index (χ2v) is 5.99. The number of benzene rings is 1. The first-order valence-corrected chi connectivity index (χ1v) is 8.70. The van der Waals surface area contributed by atoms with E-state index < -0.39 is 0 Å². The van der Waals surface area contributed by atoms with E-state index in [1.165, 1.54) is 0 Å². The monoisotopic (exact) mass is 350 g/mol. The fourth-order valence-electron chi connectivity index (χ4n) is 2.91. The predicted octanol–water partition coefficient (Wildman–Crippen LogP) is 3.38. The molecule has 26 heavy (non-hydrogen) atoms. The minimum atomic E-state index is -0.348. The van der Waals surface area contributed by atoms with Gasteiger partial charge in [-0.2, -0.15) is 0 Å². The zero-order chi connectivity index (χ0) is 18.7. The highest BCUT2D eigenvalue weighted by molar-refractivity contribution is 6.06. The number of aryl methyl sites for hydroxylation is 1. The summed E-state index contributed by atoms with van der Waals surface area (Å²) in [6.07, 6.45) is 1.74. The van der Waals surface area contributed by atoms with Gasteiger partial charge in [0.2, 0.25) is 5.82 Å². The zero-order valence-corrected chi connectivity index (χ0v) is 15.2. The number of amides is 2. The number of nitrogens with one attached hydrogen (secondary N) is 1. The molecule has 0 unspecified atom stereocenters. The first kappa shape index (κ1) is 17.7. The molecule has 0 spiro atoms. The molecule has 1 N–H and O–H groups in total. The molecule has 2 aromatic heterocycles. The van der Waals surface area contributed by atoms with Crippen LogP contribution < -0.4 is 5.32 Å². The normalized spacial score (nSPS) is 10.7. The van der Waals surface area contributed by atoms with Gasteiger partial charge in [0.1, 0.15) is 0 Å². The number of aromatic nitrogens is 2. The van der Waals surface area contributed by atoms with Gasteiger partial charge in [-0.3, -0.25) is 14.0 Å². The van der Waals surface area contributed by atoms with Gasteiger partial charge in [0.25, 0.3) is 11.8 Å². The van der Waals surface area contributed by atoms with Crippen LogP contribution in [0, 0.1) is 6.92 Å². The van der Waals surface area contributed by atoms with Crippen molar-refractivity contribution in [1.29, 1.82) is 0 Å². The minimum absolute atomic E-state index is 0.173. The number of hydrogen-bond acceptors (Lipinski definition) is 3. The van der Waals surface area contributed by atoms with Crippen molar-refractivity contribution in [2.75, 3.05) is 18.4 Å². The van der Waals surface area contributed by atoms with Crippen LogP contribution >= 0.6 is 0 Å². The quantitative estimate of drug-likeness (QED) is 0.767. The fraction of sp³-hybridized carbons (Fsp3) is 0.250. The molecular formula is C20H22N4O2. The van der Waals surface area contributed by atoms with E-state index in [4.69, 9.17) is 0 Å². The number of rotatable bonds is 5. The predicted molar refractivity (Wildman–Crippen MR) is 102 cm³/mol. The Morgan fingerprint density at radius 3 is 2.46 bits per heavy atom. The number of anilines is 1. The molecule has 0 atom stereocenters. The standard InChI is InChI=1S/C20H22N4O2/c1-4-23(5-2)20(26)17-16-12-8-9-13-24(16)18(22-17)19(25)21-15-11-7-6-10-14(15)3/h6-13H,4-5H2,1-3H3,(H,21,25). The number of para-hydroxylation sites is 1. The molecule has 0 bridgehead atoms. The lowest BCUT2D eigenvalue weighted by atomic mass is 10.2. The molecule has 0 aliphatic heterocycles. The van der Waals surface area contributed by atoms with E-state index in [0.29, 0.717) is 24.3 Å². The Hall–Kier alpha value is -3.15. The number of pyridine rings is 1. The molecule has 2 heterocycles. The number of fused-ring (bicyclic) bond motifs is 1. The average molecular weight is 350 g/mol. The van der Waals surface area contributed by atoms with Crippen molar-refractivity contribution >= 4 is 23.0 Å². The highest BCUT2D eigenvalue weighted by atomic mass is 16.2. The van der Waals surface area contributed by atoms with Crippen LogP contribution in [-0.4, -0.2) is 39.2 Å². The molecule has 6 heteroatoms. The lowest BCUT2D eigenvalue weighted by molar-refractivity contribution is 0.0769. The van der Waals surface area contributed by atoms with Gasteiger partial charge in [-0.1, -0.05) is 24.3 Å². The summed E-state index contributed by atoms with van der Waals surface area (Å²) >= 11 is 0. The maximum Gasteiger partial charge on any atom is 0.292 e. The summed E-state index contributed by atoms with van der Waals surface area (Å²) in [4.78, 5) is 31.7.